The van der Waals surface area contributed by atoms with Crippen LogP contribution in [-0.2, 0) is 9.59 Å². The molecule has 0 bridgehead atoms. The van der Waals surface area contributed by atoms with Gasteiger partial charge in [0.1, 0.15) is 12.3 Å². The van der Waals surface area contributed by atoms with Crippen LogP contribution in [0.25, 0.3) is 0 Å². The molecule has 1 saturated heterocycles. The summed E-state index contributed by atoms with van der Waals surface area (Å²) in [6.45, 7) is 0.941. The second-order valence-electron chi connectivity index (χ2n) is 5.44. The lowest BCUT2D eigenvalue weighted by molar-refractivity contribution is -0.138. The van der Waals surface area contributed by atoms with Crippen LogP contribution in [0, 0.1) is 0 Å². The minimum absolute atomic E-state index is 0.0672. The molecule has 24 heavy (non-hydrogen) atoms. The van der Waals surface area contributed by atoms with Crippen molar-refractivity contribution in [1.29, 1.82) is 0 Å². The Balaban J connectivity index is 1.54. The molecule has 0 aromatic heterocycles. The van der Waals surface area contributed by atoms with Crippen LogP contribution in [0.4, 0.5) is 5.69 Å². The number of anilines is 1. The van der Waals surface area contributed by atoms with Gasteiger partial charge in [-0.2, -0.15) is 0 Å². The maximum Gasteiger partial charge on any atom is 0.261 e. The van der Waals surface area contributed by atoms with E-state index in [1.54, 1.807) is 29.2 Å². The van der Waals surface area contributed by atoms with Gasteiger partial charge < -0.3 is 14.5 Å². The number of hydrogen-bond donors (Lipinski definition) is 0. The zero-order valence-corrected chi connectivity index (χ0v) is 13.8. The van der Waals surface area contributed by atoms with E-state index < -0.39 is 0 Å². The Morgan fingerprint density at radius 2 is 1.75 bits per heavy atom. The highest BCUT2D eigenvalue weighted by molar-refractivity contribution is 6.30. The molecule has 0 N–H and O–H groups in total. The van der Waals surface area contributed by atoms with Gasteiger partial charge in [0.15, 0.2) is 6.61 Å². The summed E-state index contributed by atoms with van der Waals surface area (Å²) >= 11 is 5.80. The molecule has 6 heteroatoms. The third kappa shape index (κ3) is 3.86. The van der Waals surface area contributed by atoms with Crippen molar-refractivity contribution >= 4 is 29.1 Å². The van der Waals surface area contributed by atoms with Gasteiger partial charge in [-0.15, -0.1) is 0 Å². The van der Waals surface area contributed by atoms with Gasteiger partial charge in [0, 0.05) is 23.8 Å². The topological polar surface area (TPSA) is 49.9 Å². The molecular formula is C18H17ClN2O3. The van der Waals surface area contributed by atoms with Gasteiger partial charge in [-0.3, -0.25) is 9.59 Å². The summed E-state index contributed by atoms with van der Waals surface area (Å²) in [5.41, 5.74) is 0.854. The van der Waals surface area contributed by atoms with Crippen molar-refractivity contribution < 1.29 is 14.3 Å². The first-order valence-electron chi connectivity index (χ1n) is 7.65. The SMILES string of the molecule is O=C(COc1ccc(Cl)cc1)N1CCN(c2ccccc2)C(=O)C1. The van der Waals surface area contributed by atoms with Gasteiger partial charge in [-0.1, -0.05) is 29.8 Å². The van der Waals surface area contributed by atoms with Crippen molar-refractivity contribution in [2.45, 2.75) is 0 Å². The van der Waals surface area contributed by atoms with Crippen LogP contribution in [0.15, 0.2) is 54.6 Å². The number of benzene rings is 2. The Labute approximate surface area is 145 Å². The zero-order chi connectivity index (χ0) is 16.9. The second-order valence-corrected chi connectivity index (χ2v) is 5.88. The Hall–Kier alpha value is -2.53. The highest BCUT2D eigenvalue weighted by Crippen LogP contribution is 2.18. The number of carbonyl (C=O) groups is 2. The Bertz CT molecular complexity index is 719. The van der Waals surface area contributed by atoms with Gasteiger partial charge >= 0.3 is 0 Å². The Kier molecular flexibility index (Phi) is 5.01. The van der Waals surface area contributed by atoms with E-state index >= 15 is 0 Å². The summed E-state index contributed by atoms with van der Waals surface area (Å²) < 4.78 is 5.45. The normalized spacial score (nSPS) is 14.6. The zero-order valence-electron chi connectivity index (χ0n) is 13.0. The molecular weight excluding hydrogens is 328 g/mol. The van der Waals surface area contributed by atoms with Crippen molar-refractivity contribution in [2.24, 2.45) is 0 Å². The van der Waals surface area contributed by atoms with Crippen molar-refractivity contribution in [1.82, 2.24) is 4.90 Å². The Morgan fingerprint density at radius 1 is 1.04 bits per heavy atom. The smallest absolute Gasteiger partial charge is 0.261 e. The number of amides is 2. The first-order chi connectivity index (χ1) is 11.6. The molecule has 1 aliphatic heterocycles. The van der Waals surface area contributed by atoms with Crippen LogP contribution in [-0.4, -0.2) is 43.0 Å². The molecule has 0 radical (unpaired) electrons. The fourth-order valence-electron chi connectivity index (χ4n) is 2.53. The number of hydrogen-bond acceptors (Lipinski definition) is 3. The molecule has 0 spiro atoms. The molecule has 1 heterocycles. The quantitative estimate of drug-likeness (QED) is 0.856. The summed E-state index contributed by atoms with van der Waals surface area (Å²) in [4.78, 5) is 27.8. The van der Waals surface area contributed by atoms with E-state index in [0.717, 1.165) is 5.69 Å². The third-order valence-corrected chi connectivity index (χ3v) is 4.07. The van der Waals surface area contributed by atoms with Gasteiger partial charge in [0.2, 0.25) is 5.91 Å². The molecule has 1 aliphatic rings. The standard InChI is InChI=1S/C18H17ClN2O3/c19-14-6-8-16(9-7-14)24-13-18(23)20-10-11-21(17(22)12-20)15-4-2-1-3-5-15/h1-9H,10-13H2. The summed E-state index contributed by atoms with van der Waals surface area (Å²) in [6, 6.07) is 16.3. The van der Waals surface area contributed by atoms with Crippen molar-refractivity contribution in [3.8, 4) is 5.75 Å². The van der Waals surface area contributed by atoms with Crippen LogP contribution in [0.5, 0.6) is 5.75 Å². The predicted octanol–water partition coefficient (Wildman–Crippen LogP) is 2.59. The van der Waals surface area contributed by atoms with E-state index in [0.29, 0.717) is 23.9 Å². The highest BCUT2D eigenvalue weighted by atomic mass is 35.5. The molecule has 0 saturated carbocycles. The molecule has 0 unspecified atom stereocenters. The van der Waals surface area contributed by atoms with Gasteiger partial charge in [-0.05, 0) is 36.4 Å². The van der Waals surface area contributed by atoms with E-state index in [1.807, 2.05) is 30.3 Å². The summed E-state index contributed by atoms with van der Waals surface area (Å²) in [5, 5.41) is 0.608. The first-order valence-corrected chi connectivity index (χ1v) is 8.03. The average Bonchev–Trinajstić information content (AvgIpc) is 2.61. The minimum atomic E-state index is -0.203. The average molecular weight is 345 g/mol. The van der Waals surface area contributed by atoms with Crippen LogP contribution >= 0.6 is 11.6 Å². The maximum absolute atomic E-state index is 12.3. The molecule has 3 rings (SSSR count). The molecule has 2 aromatic carbocycles. The highest BCUT2D eigenvalue weighted by Gasteiger charge is 2.28. The largest absolute Gasteiger partial charge is 0.484 e. The van der Waals surface area contributed by atoms with E-state index in [-0.39, 0.29) is 25.0 Å². The maximum atomic E-state index is 12.3. The minimum Gasteiger partial charge on any atom is -0.484 e. The number of carbonyl (C=O) groups excluding carboxylic acids is 2. The van der Waals surface area contributed by atoms with E-state index in [2.05, 4.69) is 0 Å². The lowest BCUT2D eigenvalue weighted by Crippen LogP contribution is -2.53. The summed E-state index contributed by atoms with van der Waals surface area (Å²) in [5.74, 6) is 0.278. The lowest BCUT2D eigenvalue weighted by Gasteiger charge is -2.34. The number of ether oxygens (including phenoxy) is 1. The molecule has 2 aromatic rings. The fraction of sp³-hybridized carbons (Fsp3) is 0.222. The van der Waals surface area contributed by atoms with E-state index in [9.17, 15) is 9.59 Å². The lowest BCUT2D eigenvalue weighted by atomic mass is 10.2. The third-order valence-electron chi connectivity index (χ3n) is 3.82. The van der Waals surface area contributed by atoms with Crippen molar-refractivity contribution in [3.63, 3.8) is 0 Å². The van der Waals surface area contributed by atoms with E-state index in [4.69, 9.17) is 16.3 Å². The van der Waals surface area contributed by atoms with Gasteiger partial charge in [-0.25, -0.2) is 0 Å². The fourth-order valence-corrected chi connectivity index (χ4v) is 2.66. The first kappa shape index (κ1) is 16.3. The monoisotopic (exact) mass is 344 g/mol. The molecule has 2 amide bonds. The number of para-hydroxylation sites is 1. The van der Waals surface area contributed by atoms with Crippen LogP contribution in [0.1, 0.15) is 0 Å². The van der Waals surface area contributed by atoms with Gasteiger partial charge in [0.25, 0.3) is 5.91 Å². The summed E-state index contributed by atoms with van der Waals surface area (Å²) in [7, 11) is 0. The second kappa shape index (κ2) is 7.36. The van der Waals surface area contributed by atoms with E-state index in [1.165, 1.54) is 4.90 Å². The predicted molar refractivity (Wildman–Crippen MR) is 92.3 cm³/mol. The van der Waals surface area contributed by atoms with Crippen molar-refractivity contribution in [2.75, 3.05) is 31.1 Å². The molecule has 124 valence electrons. The Morgan fingerprint density at radius 3 is 2.42 bits per heavy atom. The van der Waals surface area contributed by atoms with Crippen molar-refractivity contribution in [3.05, 3.63) is 59.6 Å². The number of piperazine rings is 1. The number of halogens is 1. The van der Waals surface area contributed by atoms with Gasteiger partial charge in [0.05, 0.1) is 0 Å². The molecule has 0 atom stereocenters. The van der Waals surface area contributed by atoms with Crippen LogP contribution in [0.3, 0.4) is 0 Å². The molecule has 5 nitrogen and oxygen atoms in total. The van der Waals surface area contributed by atoms with Crippen LogP contribution in [0.2, 0.25) is 5.02 Å². The van der Waals surface area contributed by atoms with Crippen LogP contribution < -0.4 is 9.64 Å². The molecule has 1 fully saturated rings. The molecule has 0 aliphatic carbocycles. The number of nitrogens with zero attached hydrogens (tertiary/aromatic N) is 2. The number of rotatable bonds is 4. The summed E-state index contributed by atoms with van der Waals surface area (Å²) in [6.07, 6.45) is 0.